The maximum absolute atomic E-state index is 12.4. The number of ether oxygens (including phenoxy) is 1. The van der Waals surface area contributed by atoms with Gasteiger partial charge in [0.1, 0.15) is 0 Å². The van der Waals surface area contributed by atoms with Crippen molar-refractivity contribution in [3.8, 4) is 0 Å². The number of nitrogens with zero attached hydrogens (tertiary/aromatic N) is 2. The summed E-state index contributed by atoms with van der Waals surface area (Å²) in [4.78, 5) is 16.6. The highest BCUT2D eigenvalue weighted by atomic mass is 16.5. The van der Waals surface area contributed by atoms with Gasteiger partial charge in [-0.3, -0.25) is 9.69 Å². The Bertz CT molecular complexity index is 443. The van der Waals surface area contributed by atoms with Crippen LogP contribution in [0.25, 0.3) is 0 Å². The minimum Gasteiger partial charge on any atom is -0.378 e. The van der Waals surface area contributed by atoms with Crippen LogP contribution in [0.4, 0.5) is 0 Å². The van der Waals surface area contributed by atoms with E-state index >= 15 is 0 Å². The molecule has 1 unspecified atom stereocenters. The molecule has 1 aromatic carbocycles. The van der Waals surface area contributed by atoms with Crippen molar-refractivity contribution in [2.24, 2.45) is 0 Å². The van der Waals surface area contributed by atoms with E-state index in [9.17, 15) is 4.79 Å². The topological polar surface area (TPSA) is 32.8 Å². The van der Waals surface area contributed by atoms with Gasteiger partial charge in [-0.15, -0.1) is 0 Å². The molecule has 3 rings (SSSR count). The molecule has 0 aliphatic carbocycles. The van der Waals surface area contributed by atoms with E-state index in [1.807, 2.05) is 11.0 Å². The van der Waals surface area contributed by atoms with Gasteiger partial charge in [-0.05, 0) is 24.9 Å². The van der Waals surface area contributed by atoms with Crippen molar-refractivity contribution in [2.75, 3.05) is 39.4 Å². The first-order chi connectivity index (χ1) is 9.84. The molecule has 0 N–H and O–H groups in total. The van der Waals surface area contributed by atoms with Crippen molar-refractivity contribution in [3.63, 3.8) is 0 Å². The summed E-state index contributed by atoms with van der Waals surface area (Å²) in [6.07, 6.45) is 2.33. The molecule has 2 aliphatic heterocycles. The molecule has 0 aromatic heterocycles. The predicted octanol–water partition coefficient (Wildman–Crippen LogP) is 1.68. The number of carbonyl (C=O) groups excluding carboxylic acids is 1. The summed E-state index contributed by atoms with van der Waals surface area (Å²) < 4.78 is 5.30. The third-order valence-electron chi connectivity index (χ3n) is 4.25. The lowest BCUT2D eigenvalue weighted by Crippen LogP contribution is -2.45. The minimum atomic E-state index is 0.246. The van der Waals surface area contributed by atoms with Crippen molar-refractivity contribution in [3.05, 3.63) is 35.9 Å². The van der Waals surface area contributed by atoms with E-state index in [0.717, 1.165) is 26.1 Å². The number of hydrogen-bond acceptors (Lipinski definition) is 3. The molecule has 0 saturated carbocycles. The maximum atomic E-state index is 12.4. The van der Waals surface area contributed by atoms with E-state index in [4.69, 9.17) is 4.74 Å². The Morgan fingerprint density at radius 1 is 1.15 bits per heavy atom. The van der Waals surface area contributed by atoms with Gasteiger partial charge in [0.05, 0.1) is 19.8 Å². The molecule has 1 amide bonds. The summed E-state index contributed by atoms with van der Waals surface area (Å²) in [5.41, 5.74) is 1.33. The third-order valence-corrected chi connectivity index (χ3v) is 4.25. The van der Waals surface area contributed by atoms with Gasteiger partial charge in [0.2, 0.25) is 5.91 Å². The Labute approximate surface area is 120 Å². The molecule has 2 aliphatic rings. The van der Waals surface area contributed by atoms with E-state index < -0.39 is 0 Å². The molecule has 0 bridgehead atoms. The fourth-order valence-electron chi connectivity index (χ4n) is 3.15. The number of benzene rings is 1. The molecule has 1 atom stereocenters. The predicted molar refractivity (Wildman–Crippen MR) is 77.4 cm³/mol. The second-order valence-electron chi connectivity index (χ2n) is 5.53. The molecule has 108 valence electrons. The average Bonchev–Trinajstić information content (AvgIpc) is 2.97. The molecular weight excluding hydrogens is 252 g/mol. The van der Waals surface area contributed by atoms with Crippen LogP contribution in [-0.2, 0) is 9.53 Å². The zero-order chi connectivity index (χ0) is 13.8. The minimum absolute atomic E-state index is 0.246. The van der Waals surface area contributed by atoms with Gasteiger partial charge in [-0.25, -0.2) is 0 Å². The summed E-state index contributed by atoms with van der Waals surface area (Å²) in [7, 11) is 0. The van der Waals surface area contributed by atoms with Crippen LogP contribution in [0, 0.1) is 0 Å². The van der Waals surface area contributed by atoms with Crippen LogP contribution >= 0.6 is 0 Å². The normalized spacial score (nSPS) is 24.0. The Balaban J connectivity index is 1.62. The molecule has 2 fully saturated rings. The number of carbonyl (C=O) groups is 1. The monoisotopic (exact) mass is 274 g/mol. The number of rotatable bonds is 3. The van der Waals surface area contributed by atoms with Crippen LogP contribution in [-0.4, -0.2) is 55.1 Å². The average molecular weight is 274 g/mol. The zero-order valence-corrected chi connectivity index (χ0v) is 11.8. The van der Waals surface area contributed by atoms with Crippen LogP contribution < -0.4 is 0 Å². The fraction of sp³-hybridized carbons (Fsp3) is 0.562. The summed E-state index contributed by atoms with van der Waals surface area (Å²) in [5.74, 6) is 0.246. The Morgan fingerprint density at radius 3 is 2.65 bits per heavy atom. The van der Waals surface area contributed by atoms with Crippen molar-refractivity contribution in [1.82, 2.24) is 9.80 Å². The van der Waals surface area contributed by atoms with Gasteiger partial charge < -0.3 is 9.64 Å². The van der Waals surface area contributed by atoms with Gasteiger partial charge in [-0.1, -0.05) is 30.3 Å². The standard InChI is InChI=1S/C16H22N2O2/c19-16(17-9-11-20-12-10-17)13-18-8-4-7-15(18)14-5-2-1-3-6-14/h1-3,5-6,15H,4,7-13H2. The summed E-state index contributed by atoms with van der Waals surface area (Å²) in [6, 6.07) is 10.9. The number of morpholine rings is 1. The third kappa shape index (κ3) is 3.02. The van der Waals surface area contributed by atoms with Crippen LogP contribution in [0.3, 0.4) is 0 Å². The van der Waals surface area contributed by atoms with E-state index in [1.54, 1.807) is 0 Å². The molecule has 0 spiro atoms. The highest BCUT2D eigenvalue weighted by molar-refractivity contribution is 5.78. The lowest BCUT2D eigenvalue weighted by molar-refractivity contribution is -0.136. The quantitative estimate of drug-likeness (QED) is 0.841. The van der Waals surface area contributed by atoms with Crippen LogP contribution in [0.1, 0.15) is 24.4 Å². The van der Waals surface area contributed by atoms with Crippen molar-refractivity contribution >= 4 is 5.91 Å². The Hall–Kier alpha value is -1.39. The molecule has 4 heteroatoms. The molecule has 2 heterocycles. The number of amides is 1. The molecule has 20 heavy (non-hydrogen) atoms. The van der Waals surface area contributed by atoms with Gasteiger partial charge >= 0.3 is 0 Å². The second kappa shape index (κ2) is 6.37. The van der Waals surface area contributed by atoms with Crippen molar-refractivity contribution < 1.29 is 9.53 Å². The highest BCUT2D eigenvalue weighted by Crippen LogP contribution is 2.31. The van der Waals surface area contributed by atoms with Gasteiger partial charge in [-0.2, -0.15) is 0 Å². The molecule has 2 saturated heterocycles. The fourth-order valence-corrected chi connectivity index (χ4v) is 3.15. The SMILES string of the molecule is O=C(CN1CCCC1c1ccccc1)N1CCOCC1. The Kier molecular flexibility index (Phi) is 4.33. The summed E-state index contributed by atoms with van der Waals surface area (Å²) >= 11 is 0. The first-order valence-corrected chi connectivity index (χ1v) is 7.49. The maximum Gasteiger partial charge on any atom is 0.236 e. The Morgan fingerprint density at radius 2 is 1.90 bits per heavy atom. The van der Waals surface area contributed by atoms with E-state index in [-0.39, 0.29) is 5.91 Å². The molecule has 0 radical (unpaired) electrons. The van der Waals surface area contributed by atoms with Crippen LogP contribution in [0.5, 0.6) is 0 Å². The van der Waals surface area contributed by atoms with E-state index in [0.29, 0.717) is 25.8 Å². The zero-order valence-electron chi connectivity index (χ0n) is 11.8. The summed E-state index contributed by atoms with van der Waals surface area (Å²) in [5, 5.41) is 0. The highest BCUT2D eigenvalue weighted by Gasteiger charge is 2.29. The number of hydrogen-bond donors (Lipinski definition) is 0. The van der Waals surface area contributed by atoms with Crippen LogP contribution in [0.2, 0.25) is 0 Å². The lowest BCUT2D eigenvalue weighted by Gasteiger charge is -2.30. The largest absolute Gasteiger partial charge is 0.378 e. The van der Waals surface area contributed by atoms with Crippen LogP contribution in [0.15, 0.2) is 30.3 Å². The van der Waals surface area contributed by atoms with Crippen molar-refractivity contribution in [2.45, 2.75) is 18.9 Å². The van der Waals surface area contributed by atoms with E-state index in [2.05, 4.69) is 29.2 Å². The van der Waals surface area contributed by atoms with Gasteiger partial charge in [0.15, 0.2) is 0 Å². The smallest absolute Gasteiger partial charge is 0.236 e. The van der Waals surface area contributed by atoms with Gasteiger partial charge in [0, 0.05) is 19.1 Å². The number of likely N-dealkylation sites (tertiary alicyclic amines) is 1. The first kappa shape index (κ1) is 13.6. The first-order valence-electron chi connectivity index (χ1n) is 7.49. The van der Waals surface area contributed by atoms with Gasteiger partial charge in [0.25, 0.3) is 0 Å². The van der Waals surface area contributed by atoms with E-state index in [1.165, 1.54) is 12.0 Å². The van der Waals surface area contributed by atoms with Crippen molar-refractivity contribution in [1.29, 1.82) is 0 Å². The molecule has 1 aromatic rings. The summed E-state index contributed by atoms with van der Waals surface area (Å²) in [6.45, 7) is 4.39. The lowest BCUT2D eigenvalue weighted by atomic mass is 10.0. The molecular formula is C16H22N2O2. The molecule has 4 nitrogen and oxygen atoms in total. The second-order valence-corrected chi connectivity index (χ2v) is 5.53.